The molecule has 1 heterocycles. The fourth-order valence-electron chi connectivity index (χ4n) is 2.06. The number of anilines is 2. The molecule has 1 aromatic heterocycles. The van der Waals surface area contributed by atoms with Gasteiger partial charge in [-0.15, -0.1) is 11.3 Å². The molecular weight excluding hydrogens is 287 g/mol. The monoisotopic (exact) mass is 308 g/mol. The number of ether oxygens (including phenoxy) is 1. The first-order chi connectivity index (χ1) is 10.1. The molecule has 0 fully saturated rings. The average molecular weight is 308 g/mol. The third-order valence-corrected chi connectivity index (χ3v) is 3.95. The third kappa shape index (κ3) is 4.36. The third-order valence-electron chi connectivity index (χ3n) is 3.06. The maximum atomic E-state index is 13.8. The highest BCUT2D eigenvalue weighted by Gasteiger charge is 2.12. The van der Waals surface area contributed by atoms with Crippen LogP contribution in [0.1, 0.15) is 25.1 Å². The summed E-state index contributed by atoms with van der Waals surface area (Å²) in [6, 6.07) is 7.30. The van der Waals surface area contributed by atoms with Crippen molar-refractivity contribution in [2.75, 3.05) is 17.7 Å². The Labute approximate surface area is 128 Å². The van der Waals surface area contributed by atoms with Gasteiger partial charge in [0.1, 0.15) is 0 Å². The van der Waals surface area contributed by atoms with E-state index in [1.54, 1.807) is 17.4 Å². The molecule has 0 saturated heterocycles. The molecule has 0 aliphatic carbocycles. The van der Waals surface area contributed by atoms with E-state index in [1.165, 1.54) is 10.9 Å². The summed E-state index contributed by atoms with van der Waals surface area (Å²) in [7, 11) is 0. The second-order valence-electron chi connectivity index (χ2n) is 5.05. The van der Waals surface area contributed by atoms with Gasteiger partial charge >= 0.3 is 0 Å². The lowest BCUT2D eigenvalue weighted by Crippen LogP contribution is -2.18. The highest BCUT2D eigenvalue weighted by Crippen LogP contribution is 2.29. The molecule has 1 aromatic carbocycles. The summed E-state index contributed by atoms with van der Waals surface area (Å²) < 4.78 is 19.2. The molecule has 2 rings (SSSR count). The average Bonchev–Trinajstić information content (AvgIpc) is 2.93. The molecule has 1 unspecified atom stereocenters. The van der Waals surface area contributed by atoms with Gasteiger partial charge in [0, 0.05) is 29.5 Å². The van der Waals surface area contributed by atoms with E-state index in [9.17, 15) is 4.39 Å². The second kappa shape index (κ2) is 7.31. The van der Waals surface area contributed by atoms with Crippen molar-refractivity contribution in [2.45, 2.75) is 32.7 Å². The standard InChI is InChI=1S/C16H21FN2OS/c1-3-6-20-16-10-15(14(18)9-13(16)17)19-11(2)8-12-5-4-7-21-12/h4-5,7,9-11,19H,3,6,8,18H2,1-2H3. The molecular formula is C16H21FN2OS. The Morgan fingerprint density at radius 3 is 2.90 bits per heavy atom. The van der Waals surface area contributed by atoms with Crippen molar-refractivity contribution in [1.29, 1.82) is 0 Å². The molecule has 0 aliphatic rings. The molecule has 3 N–H and O–H groups in total. The van der Waals surface area contributed by atoms with E-state index < -0.39 is 5.82 Å². The highest BCUT2D eigenvalue weighted by molar-refractivity contribution is 7.09. The van der Waals surface area contributed by atoms with Gasteiger partial charge in [-0.1, -0.05) is 13.0 Å². The summed E-state index contributed by atoms with van der Waals surface area (Å²) in [5.41, 5.74) is 7.00. The molecule has 3 nitrogen and oxygen atoms in total. The van der Waals surface area contributed by atoms with Crippen molar-refractivity contribution >= 4 is 22.7 Å². The van der Waals surface area contributed by atoms with Crippen molar-refractivity contribution in [1.82, 2.24) is 0 Å². The van der Waals surface area contributed by atoms with Crippen LogP contribution < -0.4 is 15.8 Å². The van der Waals surface area contributed by atoms with E-state index in [0.29, 0.717) is 18.0 Å². The van der Waals surface area contributed by atoms with Crippen LogP contribution in [0.5, 0.6) is 5.75 Å². The SMILES string of the molecule is CCCOc1cc(NC(C)Cc2cccs2)c(N)cc1F. The predicted molar refractivity (Wildman–Crippen MR) is 87.7 cm³/mol. The molecule has 0 aliphatic heterocycles. The first-order valence-corrected chi connectivity index (χ1v) is 7.98. The van der Waals surface area contributed by atoms with Gasteiger partial charge in [-0.3, -0.25) is 0 Å². The largest absolute Gasteiger partial charge is 0.490 e. The number of hydrogen-bond acceptors (Lipinski definition) is 4. The van der Waals surface area contributed by atoms with Crippen LogP contribution in [0.15, 0.2) is 29.6 Å². The zero-order valence-electron chi connectivity index (χ0n) is 12.4. The van der Waals surface area contributed by atoms with Crippen LogP contribution in [-0.4, -0.2) is 12.6 Å². The first kappa shape index (κ1) is 15.6. The number of benzene rings is 1. The minimum Gasteiger partial charge on any atom is -0.490 e. The molecule has 0 bridgehead atoms. The summed E-state index contributed by atoms with van der Waals surface area (Å²) in [6.07, 6.45) is 1.74. The summed E-state index contributed by atoms with van der Waals surface area (Å²) in [6.45, 7) is 4.55. The van der Waals surface area contributed by atoms with Gasteiger partial charge in [0.05, 0.1) is 18.0 Å². The van der Waals surface area contributed by atoms with Gasteiger partial charge in [0.25, 0.3) is 0 Å². The topological polar surface area (TPSA) is 47.3 Å². The fourth-order valence-corrected chi connectivity index (χ4v) is 2.90. The van der Waals surface area contributed by atoms with Gasteiger partial charge in [0.15, 0.2) is 11.6 Å². The Balaban J connectivity index is 2.07. The molecule has 0 radical (unpaired) electrons. The van der Waals surface area contributed by atoms with Crippen molar-refractivity contribution in [2.24, 2.45) is 0 Å². The van der Waals surface area contributed by atoms with Gasteiger partial charge in [-0.25, -0.2) is 4.39 Å². The van der Waals surface area contributed by atoms with Crippen LogP contribution in [0.2, 0.25) is 0 Å². The predicted octanol–water partition coefficient (Wildman–Crippen LogP) is 4.30. The lowest BCUT2D eigenvalue weighted by molar-refractivity contribution is 0.301. The minimum atomic E-state index is -0.419. The van der Waals surface area contributed by atoms with E-state index in [4.69, 9.17) is 10.5 Å². The summed E-state index contributed by atoms with van der Waals surface area (Å²) in [5, 5.41) is 5.39. The van der Waals surface area contributed by atoms with E-state index in [-0.39, 0.29) is 11.8 Å². The fraction of sp³-hybridized carbons (Fsp3) is 0.375. The number of thiophene rings is 1. The van der Waals surface area contributed by atoms with Gasteiger partial charge in [0.2, 0.25) is 0 Å². The molecule has 0 saturated carbocycles. The van der Waals surface area contributed by atoms with Crippen molar-refractivity contribution < 1.29 is 9.13 Å². The Bertz CT molecular complexity index is 572. The normalized spacial score (nSPS) is 12.1. The van der Waals surface area contributed by atoms with Crippen molar-refractivity contribution in [3.8, 4) is 5.75 Å². The molecule has 0 amide bonds. The van der Waals surface area contributed by atoms with Crippen molar-refractivity contribution in [3.63, 3.8) is 0 Å². The first-order valence-electron chi connectivity index (χ1n) is 7.11. The maximum absolute atomic E-state index is 13.8. The quantitative estimate of drug-likeness (QED) is 0.750. The number of nitrogens with one attached hydrogen (secondary N) is 1. The zero-order chi connectivity index (χ0) is 15.2. The van der Waals surface area contributed by atoms with Crippen LogP contribution >= 0.6 is 11.3 Å². The number of nitrogens with two attached hydrogens (primary N) is 1. The second-order valence-corrected chi connectivity index (χ2v) is 6.08. The Morgan fingerprint density at radius 1 is 1.43 bits per heavy atom. The Morgan fingerprint density at radius 2 is 2.24 bits per heavy atom. The van der Waals surface area contributed by atoms with Gasteiger partial charge in [-0.2, -0.15) is 0 Å². The van der Waals surface area contributed by atoms with Crippen molar-refractivity contribution in [3.05, 3.63) is 40.3 Å². The van der Waals surface area contributed by atoms with E-state index >= 15 is 0 Å². The van der Waals surface area contributed by atoms with E-state index in [0.717, 1.165) is 12.8 Å². The lowest BCUT2D eigenvalue weighted by atomic mass is 10.1. The molecule has 1 atom stereocenters. The summed E-state index contributed by atoms with van der Waals surface area (Å²) in [4.78, 5) is 1.30. The smallest absolute Gasteiger partial charge is 0.167 e. The Kier molecular flexibility index (Phi) is 5.44. The maximum Gasteiger partial charge on any atom is 0.167 e. The molecule has 114 valence electrons. The minimum absolute atomic E-state index is 0.204. The Hall–Kier alpha value is -1.75. The van der Waals surface area contributed by atoms with Crippen LogP contribution in [0.25, 0.3) is 0 Å². The van der Waals surface area contributed by atoms with E-state index in [1.807, 2.05) is 13.0 Å². The van der Waals surface area contributed by atoms with Crippen LogP contribution in [0.3, 0.4) is 0 Å². The summed E-state index contributed by atoms with van der Waals surface area (Å²) >= 11 is 1.73. The number of hydrogen-bond donors (Lipinski definition) is 2. The number of rotatable bonds is 7. The van der Waals surface area contributed by atoms with Gasteiger partial charge in [-0.05, 0) is 24.8 Å². The van der Waals surface area contributed by atoms with Crippen LogP contribution in [0.4, 0.5) is 15.8 Å². The van der Waals surface area contributed by atoms with Crippen LogP contribution in [-0.2, 0) is 6.42 Å². The number of halogens is 1. The molecule has 5 heteroatoms. The lowest BCUT2D eigenvalue weighted by Gasteiger charge is -2.17. The van der Waals surface area contributed by atoms with E-state index in [2.05, 4.69) is 23.7 Å². The molecule has 2 aromatic rings. The number of nitrogen functional groups attached to an aromatic ring is 1. The molecule has 21 heavy (non-hydrogen) atoms. The van der Waals surface area contributed by atoms with Gasteiger partial charge < -0.3 is 15.8 Å². The summed E-state index contributed by atoms with van der Waals surface area (Å²) in [5.74, 6) is -0.172. The highest BCUT2D eigenvalue weighted by atomic mass is 32.1. The molecule has 0 spiro atoms. The van der Waals surface area contributed by atoms with Crippen LogP contribution in [0, 0.1) is 5.82 Å². The zero-order valence-corrected chi connectivity index (χ0v) is 13.2.